The average Bonchev–Trinajstić information content (AvgIpc) is 3.14. The normalized spacial score (nSPS) is 12.8. The number of allylic oxidation sites excluding steroid dienone is 11. The molecular weight excluding hydrogens is 648 g/mol. The van der Waals surface area contributed by atoms with Crippen LogP contribution in [0.1, 0.15) is 181 Å². The van der Waals surface area contributed by atoms with Crippen LogP contribution in [0.3, 0.4) is 0 Å². The Kier molecular flexibility index (Phi) is 38.2. The molecule has 0 saturated carbocycles. The van der Waals surface area contributed by atoms with Crippen molar-refractivity contribution in [3.8, 4) is 0 Å². The summed E-state index contributed by atoms with van der Waals surface area (Å²) in [6.45, 7) is 6.24. The topological polar surface area (TPSA) is 78.9 Å². The largest absolute Gasteiger partial charge is 0.462 e. The highest BCUT2D eigenvalue weighted by Crippen LogP contribution is 2.13. The molecule has 52 heavy (non-hydrogen) atoms. The molecule has 0 aromatic carbocycles. The zero-order chi connectivity index (χ0) is 38.0. The predicted molar refractivity (Wildman–Crippen MR) is 219 cm³/mol. The number of ether oxygens (including phenoxy) is 3. The molecule has 0 bridgehead atoms. The fourth-order valence-corrected chi connectivity index (χ4v) is 5.40. The maximum absolute atomic E-state index is 12.6. The highest BCUT2D eigenvalue weighted by atomic mass is 16.6. The minimum atomic E-state index is -0.825. The van der Waals surface area contributed by atoms with Gasteiger partial charge in [-0.15, -0.1) is 0 Å². The summed E-state index contributed by atoms with van der Waals surface area (Å²) >= 11 is 0. The Morgan fingerprint density at radius 2 is 0.827 bits per heavy atom. The van der Waals surface area contributed by atoms with Crippen molar-refractivity contribution in [2.45, 2.75) is 187 Å². The summed E-state index contributed by atoms with van der Waals surface area (Å²) in [5.41, 5.74) is 0. The lowest BCUT2D eigenvalue weighted by atomic mass is 10.0. The lowest BCUT2D eigenvalue weighted by molar-refractivity contribution is -0.166. The maximum atomic E-state index is 12.6. The minimum Gasteiger partial charge on any atom is -0.462 e. The summed E-state index contributed by atoms with van der Waals surface area (Å²) in [5.74, 6) is -1.10. The molecule has 0 fully saturated rings. The summed E-state index contributed by atoms with van der Waals surface area (Å²) in [4.78, 5) is 37.5. The Morgan fingerprint density at radius 3 is 1.35 bits per heavy atom. The van der Waals surface area contributed by atoms with Gasteiger partial charge < -0.3 is 14.2 Å². The van der Waals surface area contributed by atoms with E-state index in [9.17, 15) is 14.4 Å². The predicted octanol–water partition coefficient (Wildman–Crippen LogP) is 13.1. The van der Waals surface area contributed by atoms with E-state index >= 15 is 0 Å². The molecule has 0 aromatic rings. The van der Waals surface area contributed by atoms with Gasteiger partial charge in [-0.2, -0.15) is 0 Å². The zero-order valence-electron chi connectivity index (χ0n) is 33.5. The van der Waals surface area contributed by atoms with E-state index in [-0.39, 0.29) is 38.0 Å². The van der Waals surface area contributed by atoms with Gasteiger partial charge in [-0.05, 0) is 64.2 Å². The summed E-state index contributed by atoms with van der Waals surface area (Å²) in [6, 6.07) is 0. The second-order valence-electron chi connectivity index (χ2n) is 13.5. The third-order valence-electron chi connectivity index (χ3n) is 8.49. The third kappa shape index (κ3) is 38.1. The maximum Gasteiger partial charge on any atom is 0.309 e. The number of carbonyl (C=O) groups is 3. The summed E-state index contributed by atoms with van der Waals surface area (Å²) in [7, 11) is 0. The van der Waals surface area contributed by atoms with Crippen LogP contribution in [0.4, 0.5) is 0 Å². The van der Waals surface area contributed by atoms with E-state index in [2.05, 4.69) is 81.5 Å². The van der Waals surface area contributed by atoms with E-state index in [1.807, 2.05) is 6.08 Å². The average molecular weight is 725 g/mol. The van der Waals surface area contributed by atoms with Crippen LogP contribution in [0.15, 0.2) is 72.9 Å². The summed E-state index contributed by atoms with van der Waals surface area (Å²) in [6.07, 6.45) is 49.2. The van der Waals surface area contributed by atoms with Crippen LogP contribution < -0.4 is 0 Å². The fourth-order valence-electron chi connectivity index (χ4n) is 5.40. The molecule has 0 aliphatic heterocycles. The molecule has 0 heterocycles. The van der Waals surface area contributed by atoms with Gasteiger partial charge in [0.1, 0.15) is 13.2 Å². The Labute approximate surface area is 319 Å². The third-order valence-corrected chi connectivity index (χ3v) is 8.49. The molecule has 1 atom stereocenters. The van der Waals surface area contributed by atoms with Crippen molar-refractivity contribution in [3.63, 3.8) is 0 Å². The van der Waals surface area contributed by atoms with Gasteiger partial charge in [0, 0.05) is 12.8 Å². The van der Waals surface area contributed by atoms with Crippen LogP contribution in [0.2, 0.25) is 0 Å². The Bertz CT molecular complexity index is 1020. The molecule has 0 N–H and O–H groups in total. The molecule has 0 aliphatic rings. The van der Waals surface area contributed by atoms with Crippen molar-refractivity contribution < 1.29 is 28.6 Å². The van der Waals surface area contributed by atoms with Crippen molar-refractivity contribution in [3.05, 3.63) is 72.9 Å². The van der Waals surface area contributed by atoms with Crippen LogP contribution in [0.25, 0.3) is 0 Å². The number of rotatable bonds is 36. The lowest BCUT2D eigenvalue weighted by Crippen LogP contribution is -2.30. The first-order chi connectivity index (χ1) is 25.5. The fraction of sp³-hybridized carbons (Fsp3) is 0.674. The molecule has 0 amide bonds. The van der Waals surface area contributed by atoms with Crippen molar-refractivity contribution in [2.24, 2.45) is 0 Å². The number of esters is 3. The Morgan fingerprint density at radius 1 is 0.423 bits per heavy atom. The monoisotopic (exact) mass is 725 g/mol. The van der Waals surface area contributed by atoms with Gasteiger partial charge in [0.05, 0.1) is 6.42 Å². The van der Waals surface area contributed by atoms with Crippen molar-refractivity contribution in [2.75, 3.05) is 13.2 Å². The quantitative estimate of drug-likeness (QED) is 0.0277. The first kappa shape index (κ1) is 48.9. The number of hydrogen-bond acceptors (Lipinski definition) is 6. The van der Waals surface area contributed by atoms with Gasteiger partial charge in [-0.3, -0.25) is 14.4 Å². The molecule has 0 saturated heterocycles. The summed E-state index contributed by atoms with van der Waals surface area (Å²) < 4.78 is 16.5. The SMILES string of the molecule is CC/C=C\C/C=C\C/C=C\CCCCC(=O)OC(COC(=O)C/C=C\C/C=C\C/C=C\CC)COC(=O)CCCCCCCCCCCCCCC. The van der Waals surface area contributed by atoms with Gasteiger partial charge in [0.15, 0.2) is 6.10 Å². The number of unbranched alkanes of at least 4 members (excludes halogenated alkanes) is 14. The minimum absolute atomic E-state index is 0.117. The van der Waals surface area contributed by atoms with Gasteiger partial charge in [-0.1, -0.05) is 171 Å². The highest BCUT2D eigenvalue weighted by molar-refractivity contribution is 5.72. The van der Waals surface area contributed by atoms with Crippen LogP contribution in [-0.4, -0.2) is 37.2 Å². The Hall–Kier alpha value is -3.15. The first-order valence-electron chi connectivity index (χ1n) is 20.9. The second kappa shape index (κ2) is 40.6. The molecule has 0 radical (unpaired) electrons. The number of hydrogen-bond donors (Lipinski definition) is 0. The van der Waals surface area contributed by atoms with Crippen molar-refractivity contribution >= 4 is 17.9 Å². The molecule has 6 heteroatoms. The van der Waals surface area contributed by atoms with Crippen LogP contribution in [0, 0.1) is 0 Å². The van der Waals surface area contributed by atoms with Gasteiger partial charge >= 0.3 is 17.9 Å². The molecule has 0 aromatic heterocycles. The van der Waals surface area contributed by atoms with E-state index in [1.54, 1.807) is 6.08 Å². The summed E-state index contributed by atoms with van der Waals surface area (Å²) in [5, 5.41) is 0. The van der Waals surface area contributed by atoms with E-state index in [1.165, 1.54) is 64.2 Å². The molecule has 0 rings (SSSR count). The van der Waals surface area contributed by atoms with Crippen LogP contribution in [0.5, 0.6) is 0 Å². The molecule has 0 aliphatic carbocycles. The van der Waals surface area contributed by atoms with Gasteiger partial charge in [0.2, 0.25) is 0 Å². The highest BCUT2D eigenvalue weighted by Gasteiger charge is 2.19. The van der Waals surface area contributed by atoms with E-state index in [4.69, 9.17) is 14.2 Å². The molecule has 6 nitrogen and oxygen atoms in total. The van der Waals surface area contributed by atoms with E-state index < -0.39 is 12.1 Å². The van der Waals surface area contributed by atoms with Crippen LogP contribution in [-0.2, 0) is 28.6 Å². The van der Waals surface area contributed by atoms with E-state index in [0.29, 0.717) is 12.8 Å². The number of carbonyl (C=O) groups excluding carboxylic acids is 3. The van der Waals surface area contributed by atoms with E-state index in [0.717, 1.165) is 70.6 Å². The Balaban J connectivity index is 4.50. The first-order valence-corrected chi connectivity index (χ1v) is 20.9. The lowest BCUT2D eigenvalue weighted by Gasteiger charge is -2.18. The van der Waals surface area contributed by atoms with Gasteiger partial charge in [-0.25, -0.2) is 0 Å². The smallest absolute Gasteiger partial charge is 0.309 e. The van der Waals surface area contributed by atoms with Gasteiger partial charge in [0.25, 0.3) is 0 Å². The standard InChI is InChI=1S/C46H76O6/c1-4-7-10-13-16-19-21-23-25-27-30-33-36-39-45(48)51-42-43(41-50-44(47)38-35-32-29-26-18-15-12-9-6-3)52-46(49)40-37-34-31-28-24-22-20-17-14-11-8-5-2/h8-9,11-12,17-18,20,24,26,28,32,35,43H,4-7,10,13-16,19,21-23,25,27,29-31,33-34,36-42H2,1-3H3/b11-8-,12-9-,20-17-,26-18-,28-24-,35-32-. The molecule has 1 unspecified atom stereocenters. The molecule has 0 spiro atoms. The van der Waals surface area contributed by atoms with Crippen LogP contribution >= 0.6 is 0 Å². The molecule has 296 valence electrons. The van der Waals surface area contributed by atoms with Crippen molar-refractivity contribution in [1.29, 1.82) is 0 Å². The second-order valence-corrected chi connectivity index (χ2v) is 13.5. The zero-order valence-corrected chi connectivity index (χ0v) is 33.5. The molecular formula is C46H76O6. The van der Waals surface area contributed by atoms with Crippen molar-refractivity contribution in [1.82, 2.24) is 0 Å².